The molecule has 0 fully saturated rings. The number of rotatable bonds is 29. The molecule has 2 heterocycles. The summed E-state index contributed by atoms with van der Waals surface area (Å²) in [5.41, 5.74) is 6.51. The van der Waals surface area contributed by atoms with Crippen LogP contribution in [-0.2, 0) is 34.5 Å². The number of nitrogens with zero attached hydrogens (tertiary/aromatic N) is 4. The molecule has 0 saturated heterocycles. The number of guanidine groups is 1. The zero-order chi connectivity index (χ0) is 33.4. The highest BCUT2D eigenvalue weighted by molar-refractivity contribution is 7.53. The summed E-state index contributed by atoms with van der Waals surface area (Å²) < 4.78 is 36.5. The molecule has 12 heteroatoms. The Morgan fingerprint density at radius 3 is 2.00 bits per heavy atom. The number of benzene rings is 1. The van der Waals surface area contributed by atoms with Gasteiger partial charge < -0.3 is 29.2 Å². The van der Waals surface area contributed by atoms with E-state index in [0.29, 0.717) is 25.6 Å². The summed E-state index contributed by atoms with van der Waals surface area (Å²) >= 11 is 0. The molecule has 0 aromatic heterocycles. The number of amidine groups is 1. The number of carbonyl (C=O) groups is 1. The molecule has 1 aromatic carbocycles. The van der Waals surface area contributed by atoms with Crippen LogP contribution in [0.1, 0.15) is 115 Å². The van der Waals surface area contributed by atoms with Crippen LogP contribution in [0.15, 0.2) is 45.3 Å². The van der Waals surface area contributed by atoms with Crippen LogP contribution in [0, 0.1) is 0 Å². The maximum absolute atomic E-state index is 13.5. The highest BCUT2D eigenvalue weighted by atomic mass is 31.2. The van der Waals surface area contributed by atoms with Gasteiger partial charge in [-0.15, -0.1) is 0 Å². The zero-order valence-electron chi connectivity index (χ0n) is 28.6. The number of aliphatic imine (C=N–C) groups is 3. The maximum Gasteiger partial charge on any atom is 0.356 e. The fraction of sp³-hybridized carbons (Fsp3) is 0.714. The Balaban J connectivity index is 1.21. The van der Waals surface area contributed by atoms with Crippen molar-refractivity contribution in [1.29, 1.82) is 0 Å². The number of hydrogen-bond donors (Lipinski definition) is 1. The third kappa shape index (κ3) is 16.5. The summed E-state index contributed by atoms with van der Waals surface area (Å²) in [6.07, 6.45) is 22.7. The van der Waals surface area contributed by atoms with E-state index in [4.69, 9.17) is 24.3 Å². The third-order valence-electron chi connectivity index (χ3n) is 8.24. The molecule has 264 valence electrons. The van der Waals surface area contributed by atoms with Crippen LogP contribution in [-0.4, -0.2) is 74.3 Å². The molecule has 2 unspecified atom stereocenters. The fourth-order valence-electron chi connectivity index (χ4n) is 5.51. The lowest BCUT2D eigenvalue weighted by molar-refractivity contribution is -0.117. The van der Waals surface area contributed by atoms with Gasteiger partial charge in [0, 0.05) is 13.2 Å². The molecule has 2 atom stereocenters. The predicted octanol–water partition coefficient (Wildman–Crippen LogP) is 7.63. The smallest absolute Gasteiger partial charge is 0.356 e. The first kappa shape index (κ1) is 39.0. The van der Waals surface area contributed by atoms with Crippen LogP contribution in [0.2, 0.25) is 0 Å². The molecule has 47 heavy (non-hydrogen) atoms. The van der Waals surface area contributed by atoms with Gasteiger partial charge in [0.1, 0.15) is 12.2 Å². The molecule has 11 nitrogen and oxygen atoms in total. The average molecular weight is 676 g/mol. The van der Waals surface area contributed by atoms with E-state index in [1.165, 1.54) is 96.2 Å². The van der Waals surface area contributed by atoms with E-state index in [0.717, 1.165) is 18.4 Å². The molecular weight excluding hydrogens is 617 g/mol. The molecule has 2 N–H and O–H groups in total. The maximum atomic E-state index is 13.5. The van der Waals surface area contributed by atoms with Gasteiger partial charge in [0.2, 0.25) is 5.96 Å². The van der Waals surface area contributed by atoms with Crippen molar-refractivity contribution in [1.82, 2.24) is 4.90 Å². The number of fused-ring (bicyclic) bond motifs is 1. The Bertz CT molecular complexity index is 1150. The summed E-state index contributed by atoms with van der Waals surface area (Å²) in [4.78, 5) is 25.6. The van der Waals surface area contributed by atoms with E-state index >= 15 is 0 Å². The summed E-state index contributed by atoms with van der Waals surface area (Å²) in [7, 11) is -3.57. The van der Waals surface area contributed by atoms with E-state index in [9.17, 15) is 9.36 Å². The first-order valence-corrected chi connectivity index (χ1v) is 19.6. The molecule has 2 aliphatic rings. The second kappa shape index (κ2) is 23.8. The molecule has 0 radical (unpaired) electrons. The van der Waals surface area contributed by atoms with Crippen molar-refractivity contribution in [2.45, 2.75) is 122 Å². The van der Waals surface area contributed by atoms with E-state index in [2.05, 4.69) is 21.9 Å². The van der Waals surface area contributed by atoms with Gasteiger partial charge in [0.15, 0.2) is 6.04 Å². The number of hydrogen-bond acceptors (Lipinski definition) is 10. The first-order valence-electron chi connectivity index (χ1n) is 17.8. The number of amides is 1. The summed E-state index contributed by atoms with van der Waals surface area (Å²) in [6, 6.07) is 8.73. The second-order valence-corrected chi connectivity index (χ2v) is 14.3. The van der Waals surface area contributed by atoms with Crippen molar-refractivity contribution in [3.8, 4) is 0 Å². The number of carbonyl (C=O) groups excluding carboxylic acids is 1. The van der Waals surface area contributed by atoms with Crippen LogP contribution in [0.4, 0.5) is 0 Å². The lowest BCUT2D eigenvalue weighted by Gasteiger charge is -2.21. The van der Waals surface area contributed by atoms with Gasteiger partial charge in [0.25, 0.3) is 5.91 Å². The van der Waals surface area contributed by atoms with Gasteiger partial charge in [-0.2, -0.15) is 9.98 Å². The molecule has 0 aliphatic carbocycles. The van der Waals surface area contributed by atoms with Gasteiger partial charge in [-0.1, -0.05) is 134 Å². The van der Waals surface area contributed by atoms with Crippen molar-refractivity contribution >= 4 is 31.6 Å². The van der Waals surface area contributed by atoms with Gasteiger partial charge in [-0.05, 0) is 12.0 Å². The quantitative estimate of drug-likeness (QED) is 0.0676. The average Bonchev–Trinajstić information content (AvgIpc) is 3.48. The molecular formula is C35H58N5O6P. The van der Waals surface area contributed by atoms with Crippen molar-refractivity contribution in [3.05, 3.63) is 35.9 Å². The monoisotopic (exact) mass is 675 g/mol. The number of nitrogens with two attached hydrogens (primary N) is 1. The highest BCUT2D eigenvalue weighted by Crippen LogP contribution is 2.48. The Hall–Kier alpha value is -2.43. The van der Waals surface area contributed by atoms with Crippen LogP contribution in [0.5, 0.6) is 0 Å². The molecule has 0 bridgehead atoms. The SMILES string of the molecule is CCCCCCCCCCCCCCCCCCOCCOP(=O)(COCCN1C=NC2C(=O)N=C(N)N=C21)OCc1ccccc1. The fourth-order valence-corrected chi connectivity index (χ4v) is 6.78. The standard InChI is InChI=1S/C35H58N5O6P/c1-2-3-4-5-6-7-8-9-10-11-12-13-14-15-16-20-24-43-26-27-45-47(42,46-28-31-21-18-17-19-22-31)30-44-25-23-40-29-37-32-33(40)38-35(36)39-34(32)41/h17-19,21-22,29,32H,2-16,20,23-28,30H2,1H3,(H2,36,39,41). The Morgan fingerprint density at radius 2 is 1.36 bits per heavy atom. The second-order valence-electron chi connectivity index (χ2n) is 12.3. The number of unbranched alkanes of at least 4 members (excludes halogenated alkanes) is 15. The topological polar surface area (TPSA) is 137 Å². The minimum absolute atomic E-state index is 0.0955. The van der Waals surface area contributed by atoms with Gasteiger partial charge >= 0.3 is 7.60 Å². The minimum atomic E-state index is -3.57. The lowest BCUT2D eigenvalue weighted by Crippen LogP contribution is -2.41. The van der Waals surface area contributed by atoms with Crippen LogP contribution in [0.25, 0.3) is 0 Å². The first-order chi connectivity index (χ1) is 23.0. The van der Waals surface area contributed by atoms with E-state index < -0.39 is 19.5 Å². The van der Waals surface area contributed by atoms with Gasteiger partial charge in [-0.3, -0.25) is 14.4 Å². The van der Waals surface area contributed by atoms with Gasteiger partial charge in [0.05, 0.1) is 32.8 Å². The normalized spacial score (nSPS) is 17.1. The Kier molecular flexibility index (Phi) is 19.8. The summed E-state index contributed by atoms with van der Waals surface area (Å²) in [5.74, 6) is -0.134. The minimum Gasteiger partial charge on any atom is -0.379 e. The van der Waals surface area contributed by atoms with Crippen LogP contribution < -0.4 is 5.73 Å². The predicted molar refractivity (Wildman–Crippen MR) is 189 cm³/mol. The Morgan fingerprint density at radius 1 is 0.745 bits per heavy atom. The van der Waals surface area contributed by atoms with Crippen molar-refractivity contribution in [3.63, 3.8) is 0 Å². The van der Waals surface area contributed by atoms with Crippen LogP contribution in [0.3, 0.4) is 0 Å². The third-order valence-corrected chi connectivity index (χ3v) is 9.83. The highest BCUT2D eigenvalue weighted by Gasteiger charge is 2.35. The molecule has 2 aliphatic heterocycles. The summed E-state index contributed by atoms with van der Waals surface area (Å²) in [6.45, 7) is 4.07. The zero-order valence-corrected chi connectivity index (χ0v) is 29.5. The van der Waals surface area contributed by atoms with Crippen molar-refractivity contribution < 1.29 is 27.9 Å². The van der Waals surface area contributed by atoms with E-state index in [1.807, 2.05) is 30.3 Å². The van der Waals surface area contributed by atoms with Crippen LogP contribution >= 0.6 is 7.60 Å². The molecule has 0 saturated carbocycles. The van der Waals surface area contributed by atoms with Gasteiger partial charge in [-0.25, -0.2) is 0 Å². The molecule has 1 amide bonds. The lowest BCUT2D eigenvalue weighted by atomic mass is 10.0. The largest absolute Gasteiger partial charge is 0.379 e. The Labute approximate surface area is 282 Å². The summed E-state index contributed by atoms with van der Waals surface area (Å²) in [5, 5.41) is 0. The van der Waals surface area contributed by atoms with Crippen molar-refractivity contribution in [2.24, 2.45) is 20.7 Å². The van der Waals surface area contributed by atoms with Crippen molar-refractivity contribution in [2.75, 3.05) is 39.3 Å². The molecule has 3 rings (SSSR count). The van der Waals surface area contributed by atoms with E-state index in [-0.39, 0.29) is 32.1 Å². The van der Waals surface area contributed by atoms with E-state index in [1.54, 1.807) is 4.90 Å². The molecule has 1 aromatic rings. The molecule has 0 spiro atoms. The number of ether oxygens (including phenoxy) is 2.